The van der Waals surface area contributed by atoms with Crippen LogP contribution in [0.15, 0.2) is 35.2 Å². The lowest BCUT2D eigenvalue weighted by atomic mass is 10.1. The van der Waals surface area contributed by atoms with Crippen LogP contribution in [0.5, 0.6) is 0 Å². The minimum atomic E-state index is 0.350. The zero-order valence-electron chi connectivity index (χ0n) is 13.1. The van der Waals surface area contributed by atoms with E-state index in [0.717, 1.165) is 38.4 Å². The molecule has 0 N–H and O–H groups in total. The summed E-state index contributed by atoms with van der Waals surface area (Å²) in [6.45, 7) is 2.61. The first kappa shape index (κ1) is 15.9. The molecule has 4 heteroatoms. The SMILES string of the molecule is O=C(CCCSc1ccccc1)N(C[C@H]1CCOC1)C1CC1. The molecule has 2 fully saturated rings. The van der Waals surface area contributed by atoms with E-state index in [9.17, 15) is 4.79 Å². The Morgan fingerprint density at radius 2 is 2.05 bits per heavy atom. The molecule has 0 aromatic heterocycles. The summed E-state index contributed by atoms with van der Waals surface area (Å²) in [5.74, 6) is 1.92. The molecule has 0 unspecified atom stereocenters. The summed E-state index contributed by atoms with van der Waals surface area (Å²) < 4.78 is 5.44. The van der Waals surface area contributed by atoms with Crippen molar-refractivity contribution in [3.8, 4) is 0 Å². The number of ether oxygens (including phenoxy) is 1. The zero-order chi connectivity index (χ0) is 15.2. The number of hydrogen-bond donors (Lipinski definition) is 0. The van der Waals surface area contributed by atoms with Gasteiger partial charge in [0.25, 0.3) is 0 Å². The van der Waals surface area contributed by atoms with Crippen LogP contribution >= 0.6 is 11.8 Å². The van der Waals surface area contributed by atoms with Crippen LogP contribution in [0.25, 0.3) is 0 Å². The number of benzene rings is 1. The Kier molecular flexibility index (Phi) is 5.79. The molecule has 0 spiro atoms. The number of carbonyl (C=O) groups is 1. The van der Waals surface area contributed by atoms with E-state index in [4.69, 9.17) is 4.74 Å². The second kappa shape index (κ2) is 8.02. The Hall–Kier alpha value is -1.00. The Bertz CT molecular complexity index is 469. The normalized spacial score (nSPS) is 21.0. The smallest absolute Gasteiger partial charge is 0.222 e. The summed E-state index contributed by atoms with van der Waals surface area (Å²) in [5, 5.41) is 0. The van der Waals surface area contributed by atoms with Crippen molar-refractivity contribution >= 4 is 17.7 Å². The van der Waals surface area contributed by atoms with Crippen LogP contribution in [0.2, 0.25) is 0 Å². The van der Waals surface area contributed by atoms with E-state index in [1.807, 2.05) is 17.8 Å². The van der Waals surface area contributed by atoms with Crippen molar-refractivity contribution in [2.45, 2.75) is 43.0 Å². The average Bonchev–Trinajstić information content (AvgIpc) is 3.26. The summed E-state index contributed by atoms with van der Waals surface area (Å²) in [4.78, 5) is 15.9. The molecular weight excluding hydrogens is 294 g/mol. The largest absolute Gasteiger partial charge is 0.381 e. The number of carbonyl (C=O) groups excluding carboxylic acids is 1. The lowest BCUT2D eigenvalue weighted by Gasteiger charge is -2.25. The third-order valence-electron chi connectivity index (χ3n) is 4.33. The van der Waals surface area contributed by atoms with E-state index in [1.165, 1.54) is 17.7 Å². The first-order chi connectivity index (χ1) is 10.8. The van der Waals surface area contributed by atoms with Gasteiger partial charge >= 0.3 is 0 Å². The molecule has 1 amide bonds. The number of thioether (sulfide) groups is 1. The summed E-state index contributed by atoms with van der Waals surface area (Å²) >= 11 is 1.84. The summed E-state index contributed by atoms with van der Waals surface area (Å²) in [6.07, 6.45) is 5.14. The molecule has 1 aromatic carbocycles. The molecule has 0 bridgehead atoms. The number of rotatable bonds is 8. The lowest BCUT2D eigenvalue weighted by Crippen LogP contribution is -2.37. The van der Waals surface area contributed by atoms with Crippen LogP contribution in [-0.4, -0.2) is 42.4 Å². The first-order valence-corrected chi connectivity index (χ1v) is 9.36. The number of nitrogens with zero attached hydrogens (tertiary/aromatic N) is 1. The second-order valence-corrected chi connectivity index (χ2v) is 7.44. The second-order valence-electron chi connectivity index (χ2n) is 6.27. The van der Waals surface area contributed by atoms with E-state index >= 15 is 0 Å². The predicted molar refractivity (Wildman–Crippen MR) is 90.1 cm³/mol. The van der Waals surface area contributed by atoms with E-state index in [0.29, 0.717) is 24.3 Å². The Morgan fingerprint density at radius 3 is 2.73 bits per heavy atom. The monoisotopic (exact) mass is 319 g/mol. The quantitative estimate of drug-likeness (QED) is 0.542. The van der Waals surface area contributed by atoms with Gasteiger partial charge in [0.2, 0.25) is 5.91 Å². The van der Waals surface area contributed by atoms with Gasteiger partial charge in [0.15, 0.2) is 0 Å². The van der Waals surface area contributed by atoms with E-state index in [-0.39, 0.29) is 0 Å². The minimum absolute atomic E-state index is 0.350. The lowest BCUT2D eigenvalue weighted by molar-refractivity contribution is -0.132. The first-order valence-electron chi connectivity index (χ1n) is 8.38. The molecule has 1 aliphatic carbocycles. The van der Waals surface area contributed by atoms with Crippen LogP contribution in [0, 0.1) is 5.92 Å². The summed E-state index contributed by atoms with van der Waals surface area (Å²) in [7, 11) is 0. The maximum Gasteiger partial charge on any atom is 0.222 e. The fourth-order valence-corrected chi connectivity index (χ4v) is 3.79. The van der Waals surface area contributed by atoms with Gasteiger partial charge in [-0.15, -0.1) is 11.8 Å². The molecule has 22 heavy (non-hydrogen) atoms. The molecule has 1 atom stereocenters. The Balaban J connectivity index is 1.39. The fraction of sp³-hybridized carbons (Fsp3) is 0.611. The molecule has 3 nitrogen and oxygen atoms in total. The summed E-state index contributed by atoms with van der Waals surface area (Å²) in [6, 6.07) is 10.9. The van der Waals surface area contributed by atoms with Gasteiger partial charge in [-0.25, -0.2) is 0 Å². The van der Waals surface area contributed by atoms with Gasteiger partial charge in [0.1, 0.15) is 0 Å². The third kappa shape index (κ3) is 4.75. The molecule has 120 valence electrons. The van der Waals surface area contributed by atoms with Crippen LogP contribution in [0.4, 0.5) is 0 Å². The van der Waals surface area contributed by atoms with E-state index < -0.39 is 0 Å². The van der Waals surface area contributed by atoms with Crippen molar-refractivity contribution in [1.82, 2.24) is 4.90 Å². The van der Waals surface area contributed by atoms with Crippen LogP contribution < -0.4 is 0 Å². The van der Waals surface area contributed by atoms with Crippen molar-refractivity contribution in [1.29, 1.82) is 0 Å². The zero-order valence-corrected chi connectivity index (χ0v) is 13.9. The number of hydrogen-bond acceptors (Lipinski definition) is 3. The average molecular weight is 319 g/mol. The molecule has 0 radical (unpaired) electrons. The van der Waals surface area contributed by atoms with Crippen LogP contribution in [0.3, 0.4) is 0 Å². The highest BCUT2D eigenvalue weighted by Crippen LogP contribution is 2.30. The molecule has 1 heterocycles. The van der Waals surface area contributed by atoms with Crippen molar-refractivity contribution in [3.63, 3.8) is 0 Å². The number of amides is 1. The topological polar surface area (TPSA) is 29.5 Å². The maximum atomic E-state index is 12.5. The Labute approximate surface area is 137 Å². The standard InChI is InChI=1S/C18H25NO2S/c20-18(7-4-12-22-17-5-2-1-3-6-17)19(16-8-9-16)13-15-10-11-21-14-15/h1-3,5-6,15-16H,4,7-14H2/t15-/m1/s1. The van der Waals surface area contributed by atoms with Crippen LogP contribution in [0.1, 0.15) is 32.1 Å². The molecule has 1 saturated carbocycles. The third-order valence-corrected chi connectivity index (χ3v) is 5.43. The Morgan fingerprint density at radius 1 is 1.23 bits per heavy atom. The minimum Gasteiger partial charge on any atom is -0.381 e. The van der Waals surface area contributed by atoms with E-state index in [1.54, 1.807) is 0 Å². The highest BCUT2D eigenvalue weighted by molar-refractivity contribution is 7.99. The highest BCUT2D eigenvalue weighted by atomic mass is 32.2. The van der Waals surface area contributed by atoms with Crippen molar-refractivity contribution in [2.75, 3.05) is 25.5 Å². The van der Waals surface area contributed by atoms with Crippen molar-refractivity contribution in [2.24, 2.45) is 5.92 Å². The summed E-state index contributed by atoms with van der Waals surface area (Å²) in [5.41, 5.74) is 0. The van der Waals surface area contributed by atoms with Gasteiger partial charge in [0.05, 0.1) is 6.61 Å². The molecule has 1 aliphatic heterocycles. The molecular formula is C18H25NO2S. The van der Waals surface area contributed by atoms with Crippen molar-refractivity contribution < 1.29 is 9.53 Å². The van der Waals surface area contributed by atoms with Gasteiger partial charge in [0, 0.05) is 36.4 Å². The van der Waals surface area contributed by atoms with Gasteiger partial charge in [-0.3, -0.25) is 4.79 Å². The van der Waals surface area contributed by atoms with Crippen LogP contribution in [-0.2, 0) is 9.53 Å². The molecule has 1 saturated heterocycles. The molecule has 2 aliphatic rings. The molecule has 1 aromatic rings. The van der Waals surface area contributed by atoms with Gasteiger partial charge < -0.3 is 9.64 Å². The fourth-order valence-electron chi connectivity index (χ4n) is 2.92. The van der Waals surface area contributed by atoms with Gasteiger partial charge in [-0.1, -0.05) is 18.2 Å². The maximum absolute atomic E-state index is 12.5. The van der Waals surface area contributed by atoms with E-state index in [2.05, 4.69) is 29.2 Å². The predicted octanol–water partition coefficient (Wildman–Crippen LogP) is 3.59. The molecule has 3 rings (SSSR count). The van der Waals surface area contributed by atoms with Gasteiger partial charge in [-0.2, -0.15) is 0 Å². The van der Waals surface area contributed by atoms with Gasteiger partial charge in [-0.05, 0) is 43.6 Å². The highest BCUT2D eigenvalue weighted by Gasteiger charge is 2.34. The van der Waals surface area contributed by atoms with Crippen molar-refractivity contribution in [3.05, 3.63) is 30.3 Å².